The van der Waals surface area contributed by atoms with E-state index in [1.54, 1.807) is 12.1 Å². The monoisotopic (exact) mass is 279 g/mol. The summed E-state index contributed by atoms with van der Waals surface area (Å²) in [5, 5.41) is 3.49. The molecular formula is C18H30FN. The summed E-state index contributed by atoms with van der Waals surface area (Å²) in [5.74, 6) is 1.31. The van der Waals surface area contributed by atoms with Gasteiger partial charge in [-0.2, -0.15) is 0 Å². The molecule has 114 valence electrons. The first-order chi connectivity index (χ1) is 9.40. The third-order valence-electron chi connectivity index (χ3n) is 3.91. The normalized spacial score (nSPS) is 12.9. The Kier molecular flexibility index (Phi) is 7.22. The molecule has 0 aliphatic carbocycles. The number of aryl methyl sites for hydroxylation is 2. The minimum Gasteiger partial charge on any atom is -0.316 e. The summed E-state index contributed by atoms with van der Waals surface area (Å²) in [6.45, 7) is 13.0. The Morgan fingerprint density at radius 3 is 2.20 bits per heavy atom. The third kappa shape index (κ3) is 6.04. The molecule has 0 spiro atoms. The van der Waals surface area contributed by atoms with Gasteiger partial charge in [-0.25, -0.2) is 4.39 Å². The molecule has 2 heteroatoms. The van der Waals surface area contributed by atoms with Crippen LogP contribution in [0.25, 0.3) is 0 Å². The molecule has 0 saturated carbocycles. The van der Waals surface area contributed by atoms with Gasteiger partial charge in [0.15, 0.2) is 0 Å². The Morgan fingerprint density at radius 2 is 1.65 bits per heavy atom. The van der Waals surface area contributed by atoms with Crippen LogP contribution in [0.1, 0.15) is 50.3 Å². The number of nitrogens with one attached hydrogen (secondary N) is 1. The fraction of sp³-hybridized carbons (Fsp3) is 0.667. The van der Waals surface area contributed by atoms with Crippen LogP contribution in [0.4, 0.5) is 4.39 Å². The Hall–Kier alpha value is -0.890. The van der Waals surface area contributed by atoms with Crippen molar-refractivity contribution in [2.45, 2.75) is 53.9 Å². The predicted octanol–water partition coefficient (Wildman–Crippen LogP) is 4.65. The van der Waals surface area contributed by atoms with Crippen molar-refractivity contribution in [3.8, 4) is 0 Å². The highest BCUT2D eigenvalue weighted by Crippen LogP contribution is 2.20. The van der Waals surface area contributed by atoms with Crippen LogP contribution < -0.4 is 5.32 Å². The number of rotatable bonds is 8. The van der Waals surface area contributed by atoms with E-state index < -0.39 is 0 Å². The molecule has 1 rings (SSSR count). The van der Waals surface area contributed by atoms with E-state index in [0.717, 1.165) is 36.6 Å². The molecule has 0 aliphatic rings. The third-order valence-corrected chi connectivity index (χ3v) is 3.91. The average molecular weight is 279 g/mol. The van der Waals surface area contributed by atoms with Gasteiger partial charge in [-0.05, 0) is 86.9 Å². The van der Waals surface area contributed by atoms with Crippen LogP contribution in [-0.2, 0) is 6.42 Å². The maximum absolute atomic E-state index is 13.3. The second-order valence-corrected chi connectivity index (χ2v) is 6.55. The zero-order valence-corrected chi connectivity index (χ0v) is 13.7. The second-order valence-electron chi connectivity index (χ2n) is 6.55. The molecule has 1 atom stereocenters. The minimum atomic E-state index is -0.116. The number of halogens is 1. The van der Waals surface area contributed by atoms with Gasteiger partial charge >= 0.3 is 0 Å². The Balaban J connectivity index is 2.36. The summed E-state index contributed by atoms with van der Waals surface area (Å²) in [7, 11) is 0. The van der Waals surface area contributed by atoms with Crippen molar-refractivity contribution in [2.24, 2.45) is 11.8 Å². The van der Waals surface area contributed by atoms with E-state index >= 15 is 0 Å². The van der Waals surface area contributed by atoms with Gasteiger partial charge in [0, 0.05) is 0 Å². The fourth-order valence-electron chi connectivity index (χ4n) is 2.61. The Morgan fingerprint density at radius 1 is 1.05 bits per heavy atom. The maximum Gasteiger partial charge on any atom is 0.123 e. The molecule has 0 aromatic heterocycles. The topological polar surface area (TPSA) is 12.0 Å². The zero-order valence-electron chi connectivity index (χ0n) is 13.7. The lowest BCUT2D eigenvalue weighted by Crippen LogP contribution is -2.22. The fourth-order valence-corrected chi connectivity index (χ4v) is 2.61. The van der Waals surface area contributed by atoms with Crippen molar-refractivity contribution in [3.05, 3.63) is 34.6 Å². The van der Waals surface area contributed by atoms with Crippen LogP contribution in [0.3, 0.4) is 0 Å². The van der Waals surface area contributed by atoms with Gasteiger partial charge in [0.2, 0.25) is 0 Å². The smallest absolute Gasteiger partial charge is 0.123 e. The van der Waals surface area contributed by atoms with Crippen molar-refractivity contribution in [1.29, 1.82) is 0 Å². The summed E-state index contributed by atoms with van der Waals surface area (Å²) in [6.07, 6.45) is 3.45. The SMILES string of the molecule is Cc1cc(F)cc(C)c1CCC(C)CCNCC(C)C. The first-order valence-corrected chi connectivity index (χ1v) is 7.86. The predicted molar refractivity (Wildman–Crippen MR) is 85.7 cm³/mol. The van der Waals surface area contributed by atoms with Gasteiger partial charge in [0.1, 0.15) is 5.82 Å². The number of hydrogen-bond donors (Lipinski definition) is 1. The van der Waals surface area contributed by atoms with Gasteiger partial charge in [-0.1, -0.05) is 20.8 Å². The van der Waals surface area contributed by atoms with E-state index in [4.69, 9.17) is 0 Å². The average Bonchev–Trinajstić information content (AvgIpc) is 2.33. The molecule has 1 N–H and O–H groups in total. The lowest BCUT2D eigenvalue weighted by atomic mass is 9.93. The molecule has 0 fully saturated rings. The molecule has 0 saturated heterocycles. The highest BCUT2D eigenvalue weighted by molar-refractivity contribution is 5.34. The molecule has 0 heterocycles. The molecule has 20 heavy (non-hydrogen) atoms. The molecule has 1 aromatic rings. The Labute approximate surface area is 124 Å². The van der Waals surface area contributed by atoms with Crippen molar-refractivity contribution in [1.82, 2.24) is 5.32 Å². The highest BCUT2D eigenvalue weighted by atomic mass is 19.1. The molecular weight excluding hydrogens is 249 g/mol. The molecule has 0 radical (unpaired) electrons. The van der Waals surface area contributed by atoms with Crippen LogP contribution in [0.15, 0.2) is 12.1 Å². The minimum absolute atomic E-state index is 0.116. The lowest BCUT2D eigenvalue weighted by Gasteiger charge is -2.15. The lowest BCUT2D eigenvalue weighted by molar-refractivity contribution is 0.453. The summed E-state index contributed by atoms with van der Waals surface area (Å²) >= 11 is 0. The van der Waals surface area contributed by atoms with Crippen molar-refractivity contribution in [2.75, 3.05) is 13.1 Å². The van der Waals surface area contributed by atoms with Crippen LogP contribution in [-0.4, -0.2) is 13.1 Å². The largest absolute Gasteiger partial charge is 0.316 e. The quantitative estimate of drug-likeness (QED) is 0.683. The summed E-state index contributed by atoms with van der Waals surface area (Å²) in [6, 6.07) is 3.30. The van der Waals surface area contributed by atoms with Crippen LogP contribution in [0.5, 0.6) is 0 Å². The second kappa shape index (κ2) is 8.41. The van der Waals surface area contributed by atoms with Gasteiger partial charge in [0.05, 0.1) is 0 Å². The van der Waals surface area contributed by atoms with E-state index in [-0.39, 0.29) is 5.82 Å². The van der Waals surface area contributed by atoms with Gasteiger partial charge in [-0.15, -0.1) is 0 Å². The highest BCUT2D eigenvalue weighted by Gasteiger charge is 2.08. The van der Waals surface area contributed by atoms with E-state index in [1.807, 2.05) is 13.8 Å². The molecule has 0 bridgehead atoms. The van der Waals surface area contributed by atoms with Gasteiger partial charge in [0.25, 0.3) is 0 Å². The Bertz CT molecular complexity index is 389. The van der Waals surface area contributed by atoms with Gasteiger partial charge in [-0.3, -0.25) is 0 Å². The molecule has 0 amide bonds. The molecule has 1 unspecified atom stereocenters. The van der Waals surface area contributed by atoms with E-state index in [0.29, 0.717) is 5.92 Å². The first-order valence-electron chi connectivity index (χ1n) is 7.86. The van der Waals surface area contributed by atoms with Crippen LogP contribution in [0.2, 0.25) is 0 Å². The number of hydrogen-bond acceptors (Lipinski definition) is 1. The van der Waals surface area contributed by atoms with E-state index in [1.165, 1.54) is 18.4 Å². The van der Waals surface area contributed by atoms with Crippen molar-refractivity contribution < 1.29 is 4.39 Å². The van der Waals surface area contributed by atoms with Crippen LogP contribution >= 0.6 is 0 Å². The standard InChI is InChI=1S/C18H30FN/c1-13(2)12-20-9-8-14(3)6-7-18-15(4)10-17(19)11-16(18)5/h10-11,13-14,20H,6-9,12H2,1-5H3. The first kappa shape index (κ1) is 17.2. The maximum atomic E-state index is 13.3. The van der Waals surface area contributed by atoms with Crippen molar-refractivity contribution in [3.63, 3.8) is 0 Å². The van der Waals surface area contributed by atoms with Gasteiger partial charge < -0.3 is 5.32 Å². The molecule has 1 aromatic carbocycles. The molecule has 1 nitrogen and oxygen atoms in total. The summed E-state index contributed by atoms with van der Waals surface area (Å²) < 4.78 is 13.3. The van der Waals surface area contributed by atoms with E-state index in [9.17, 15) is 4.39 Å². The van der Waals surface area contributed by atoms with Crippen LogP contribution in [0, 0.1) is 31.5 Å². The summed E-state index contributed by atoms with van der Waals surface area (Å²) in [5.41, 5.74) is 3.51. The summed E-state index contributed by atoms with van der Waals surface area (Å²) in [4.78, 5) is 0. The molecule has 0 aliphatic heterocycles. The van der Waals surface area contributed by atoms with E-state index in [2.05, 4.69) is 26.1 Å². The number of benzene rings is 1. The van der Waals surface area contributed by atoms with Crippen molar-refractivity contribution >= 4 is 0 Å². The zero-order chi connectivity index (χ0) is 15.1.